The third-order valence-corrected chi connectivity index (χ3v) is 3.80. The maximum Gasteiger partial charge on any atom is 0.237 e. The van der Waals surface area contributed by atoms with Gasteiger partial charge in [-0.1, -0.05) is 0 Å². The third-order valence-electron chi connectivity index (χ3n) is 2.74. The Morgan fingerprint density at radius 2 is 2.41 bits per heavy atom. The molecule has 5 nitrogen and oxygen atoms in total. The van der Waals surface area contributed by atoms with Gasteiger partial charge in [-0.05, 0) is 6.07 Å². The van der Waals surface area contributed by atoms with Gasteiger partial charge in [0.2, 0.25) is 5.91 Å². The number of carbonyl (C=O) groups excluding carboxylic acids is 1. The van der Waals surface area contributed by atoms with E-state index in [-0.39, 0.29) is 11.9 Å². The topological polar surface area (TPSA) is 66.9 Å². The van der Waals surface area contributed by atoms with Crippen molar-refractivity contribution in [3.8, 4) is 0 Å². The lowest BCUT2D eigenvalue weighted by molar-refractivity contribution is -0.124. The van der Waals surface area contributed by atoms with Gasteiger partial charge in [0, 0.05) is 25.7 Å². The van der Waals surface area contributed by atoms with Crippen LogP contribution < -0.4 is 10.6 Å². The number of fused-ring (bicyclic) bond motifs is 1. The Kier molecular flexibility index (Phi) is 2.74. The van der Waals surface area contributed by atoms with Gasteiger partial charge in [0.25, 0.3) is 0 Å². The number of carbonyl (C=O) groups is 1. The molecule has 3 heterocycles. The lowest BCUT2D eigenvalue weighted by Crippen LogP contribution is -2.53. The van der Waals surface area contributed by atoms with Gasteiger partial charge in [0.05, 0.1) is 27.5 Å². The molecule has 1 atom stereocenters. The summed E-state index contributed by atoms with van der Waals surface area (Å²) in [5.74, 6) is 0.0635. The monoisotopic (exact) mass is 248 g/mol. The molecule has 6 heteroatoms. The molecule has 0 aliphatic carbocycles. The second kappa shape index (κ2) is 4.38. The van der Waals surface area contributed by atoms with E-state index in [1.807, 2.05) is 6.07 Å². The van der Waals surface area contributed by atoms with Crippen molar-refractivity contribution in [1.82, 2.24) is 20.6 Å². The van der Waals surface area contributed by atoms with Gasteiger partial charge < -0.3 is 10.6 Å². The fraction of sp³-hybridized carbons (Fsp3) is 0.364. The molecule has 3 rings (SSSR count). The van der Waals surface area contributed by atoms with E-state index in [2.05, 4.69) is 20.6 Å². The number of hydrogen-bond acceptors (Lipinski definition) is 5. The molecular weight excluding hydrogens is 236 g/mol. The predicted octanol–water partition coefficient (Wildman–Crippen LogP) is 0.322. The molecule has 1 amide bonds. The molecule has 0 saturated carbocycles. The van der Waals surface area contributed by atoms with E-state index in [0.29, 0.717) is 13.0 Å². The normalized spacial score (nSPS) is 20.5. The molecule has 2 N–H and O–H groups in total. The number of hydrogen-bond donors (Lipinski definition) is 2. The van der Waals surface area contributed by atoms with E-state index in [1.54, 1.807) is 23.7 Å². The molecule has 17 heavy (non-hydrogen) atoms. The molecule has 1 unspecified atom stereocenters. The van der Waals surface area contributed by atoms with Crippen LogP contribution in [0.1, 0.15) is 5.01 Å². The third kappa shape index (κ3) is 2.13. The molecule has 0 radical (unpaired) electrons. The van der Waals surface area contributed by atoms with Crippen molar-refractivity contribution in [2.24, 2.45) is 0 Å². The lowest BCUT2D eigenvalue weighted by Gasteiger charge is -2.22. The smallest absolute Gasteiger partial charge is 0.237 e. The van der Waals surface area contributed by atoms with Gasteiger partial charge in [-0.15, -0.1) is 11.3 Å². The highest BCUT2D eigenvalue weighted by Crippen LogP contribution is 2.21. The number of pyridine rings is 1. The van der Waals surface area contributed by atoms with Crippen LogP contribution in [-0.4, -0.2) is 35.0 Å². The standard InChI is InChI=1S/C11H12N4OS/c16-11-7(13-3-4-14-11)5-10-15-8-6-12-2-1-9(8)17-10/h1-2,6-7,13H,3-5H2,(H,14,16). The van der Waals surface area contributed by atoms with Crippen molar-refractivity contribution in [3.63, 3.8) is 0 Å². The molecule has 1 aliphatic rings. The van der Waals surface area contributed by atoms with E-state index >= 15 is 0 Å². The van der Waals surface area contributed by atoms with E-state index in [4.69, 9.17) is 0 Å². The zero-order chi connectivity index (χ0) is 11.7. The van der Waals surface area contributed by atoms with Crippen molar-refractivity contribution < 1.29 is 4.79 Å². The van der Waals surface area contributed by atoms with Crippen molar-refractivity contribution >= 4 is 27.5 Å². The molecule has 0 aromatic carbocycles. The minimum atomic E-state index is -0.155. The Balaban J connectivity index is 1.82. The van der Waals surface area contributed by atoms with E-state index < -0.39 is 0 Å². The van der Waals surface area contributed by atoms with Gasteiger partial charge in [0.1, 0.15) is 0 Å². The molecule has 1 saturated heterocycles. The molecule has 2 aromatic rings. The van der Waals surface area contributed by atoms with Gasteiger partial charge >= 0.3 is 0 Å². The zero-order valence-corrected chi connectivity index (χ0v) is 9.96. The van der Waals surface area contributed by atoms with Gasteiger partial charge in [-0.2, -0.15) is 0 Å². The Hall–Kier alpha value is -1.53. The Morgan fingerprint density at radius 1 is 1.47 bits per heavy atom. The summed E-state index contributed by atoms with van der Waals surface area (Å²) in [5, 5.41) is 7.02. The van der Waals surface area contributed by atoms with Crippen LogP contribution in [0.3, 0.4) is 0 Å². The molecular formula is C11H12N4OS. The van der Waals surface area contributed by atoms with Gasteiger partial charge in [0.15, 0.2) is 0 Å². The van der Waals surface area contributed by atoms with Crippen LogP contribution in [0, 0.1) is 0 Å². The number of nitrogens with zero attached hydrogens (tertiary/aromatic N) is 2. The SMILES string of the molecule is O=C1NCCNC1Cc1nc2cnccc2s1. The molecule has 88 valence electrons. The molecule has 0 bridgehead atoms. The van der Waals surface area contributed by atoms with Crippen LogP contribution in [-0.2, 0) is 11.2 Å². The van der Waals surface area contributed by atoms with E-state index in [0.717, 1.165) is 21.8 Å². The fourth-order valence-corrected chi connectivity index (χ4v) is 2.88. The molecule has 1 aliphatic heterocycles. The number of piperazine rings is 1. The summed E-state index contributed by atoms with van der Waals surface area (Å²) >= 11 is 1.62. The van der Waals surface area contributed by atoms with Crippen molar-refractivity contribution in [3.05, 3.63) is 23.5 Å². The predicted molar refractivity (Wildman–Crippen MR) is 65.9 cm³/mol. The first-order chi connectivity index (χ1) is 8.33. The quantitative estimate of drug-likeness (QED) is 0.803. The molecule has 1 fully saturated rings. The van der Waals surface area contributed by atoms with Gasteiger partial charge in [-0.25, -0.2) is 4.98 Å². The average Bonchev–Trinajstić information content (AvgIpc) is 2.74. The number of thiazole rings is 1. The summed E-state index contributed by atoms with van der Waals surface area (Å²) in [5.41, 5.74) is 0.906. The maximum atomic E-state index is 11.6. The first kappa shape index (κ1) is 10.6. The number of nitrogens with one attached hydrogen (secondary N) is 2. The molecule has 2 aromatic heterocycles. The first-order valence-corrected chi connectivity index (χ1v) is 6.35. The Bertz CT molecular complexity index is 520. The number of amides is 1. The first-order valence-electron chi connectivity index (χ1n) is 5.53. The van der Waals surface area contributed by atoms with Gasteiger partial charge in [-0.3, -0.25) is 9.78 Å². The summed E-state index contributed by atoms with van der Waals surface area (Å²) in [6.45, 7) is 1.53. The van der Waals surface area contributed by atoms with E-state index in [1.165, 1.54) is 0 Å². The number of aromatic nitrogens is 2. The van der Waals surface area contributed by atoms with Crippen LogP contribution in [0.25, 0.3) is 10.2 Å². The highest BCUT2D eigenvalue weighted by atomic mass is 32.1. The van der Waals surface area contributed by atoms with Crippen LogP contribution in [0.2, 0.25) is 0 Å². The van der Waals surface area contributed by atoms with Crippen LogP contribution >= 0.6 is 11.3 Å². The van der Waals surface area contributed by atoms with E-state index in [9.17, 15) is 4.79 Å². The summed E-state index contributed by atoms with van der Waals surface area (Å²) < 4.78 is 1.12. The van der Waals surface area contributed by atoms with Crippen LogP contribution in [0.15, 0.2) is 18.5 Å². The second-order valence-corrected chi connectivity index (χ2v) is 5.07. The fourth-order valence-electron chi connectivity index (χ4n) is 1.90. The minimum absolute atomic E-state index is 0.0635. The minimum Gasteiger partial charge on any atom is -0.353 e. The average molecular weight is 248 g/mol. The van der Waals surface area contributed by atoms with Crippen LogP contribution in [0.5, 0.6) is 0 Å². The highest BCUT2D eigenvalue weighted by Gasteiger charge is 2.22. The zero-order valence-electron chi connectivity index (χ0n) is 9.14. The largest absolute Gasteiger partial charge is 0.353 e. The van der Waals surface area contributed by atoms with Crippen molar-refractivity contribution in [2.75, 3.05) is 13.1 Å². The summed E-state index contributed by atoms with van der Waals surface area (Å²) in [7, 11) is 0. The molecule has 0 spiro atoms. The van der Waals surface area contributed by atoms with Crippen molar-refractivity contribution in [2.45, 2.75) is 12.5 Å². The maximum absolute atomic E-state index is 11.6. The lowest BCUT2D eigenvalue weighted by atomic mass is 10.1. The number of rotatable bonds is 2. The summed E-state index contributed by atoms with van der Waals surface area (Å²) in [6.07, 6.45) is 4.16. The van der Waals surface area contributed by atoms with Crippen molar-refractivity contribution in [1.29, 1.82) is 0 Å². The summed E-state index contributed by atoms with van der Waals surface area (Å²) in [4.78, 5) is 20.1. The highest BCUT2D eigenvalue weighted by molar-refractivity contribution is 7.18. The second-order valence-electron chi connectivity index (χ2n) is 3.95. The van der Waals surface area contributed by atoms with Crippen LogP contribution in [0.4, 0.5) is 0 Å². The Morgan fingerprint density at radius 3 is 3.24 bits per heavy atom. The summed E-state index contributed by atoms with van der Waals surface area (Å²) in [6, 6.07) is 1.79. The Labute approximate surface area is 102 Å².